The summed E-state index contributed by atoms with van der Waals surface area (Å²) in [6, 6.07) is 6.04. The monoisotopic (exact) mass is 583 g/mol. The second-order valence-corrected chi connectivity index (χ2v) is 9.00. The van der Waals surface area contributed by atoms with Crippen LogP contribution in [0.5, 0.6) is 5.75 Å². The predicted octanol–water partition coefficient (Wildman–Crippen LogP) is 0.606. The van der Waals surface area contributed by atoms with Crippen LogP contribution in [0.25, 0.3) is 0 Å². The number of para-hydroxylation sites is 1. The molecule has 1 aliphatic rings. The molecule has 14 heteroatoms. The van der Waals surface area contributed by atoms with E-state index in [2.05, 4.69) is 5.32 Å². The Kier molecular flexibility index (Phi) is 14.2. The molecule has 0 unspecified atom stereocenters. The van der Waals surface area contributed by atoms with Gasteiger partial charge in [-0.3, -0.25) is 19.2 Å². The predicted molar refractivity (Wildman–Crippen MR) is 138 cm³/mol. The van der Waals surface area contributed by atoms with Crippen LogP contribution >= 0.6 is 0 Å². The number of rotatable bonds is 15. The number of amides is 1. The minimum absolute atomic E-state index is 0.0264. The average molecular weight is 584 g/mol. The van der Waals surface area contributed by atoms with Crippen molar-refractivity contribution < 1.29 is 61.9 Å². The SMILES string of the molecule is CC(=O)N[C@H]1[C@H](OCCOCCOCC(=O)Oc2ccccc2C)O[C@H](COC(C)=O)[C@H](OC(C)=O)[C@@H]1OC(C)=O. The van der Waals surface area contributed by atoms with E-state index in [1.807, 2.05) is 19.1 Å². The normalized spacial score (nSPS) is 21.8. The Hall–Kier alpha value is -3.59. The third kappa shape index (κ3) is 12.2. The lowest BCUT2D eigenvalue weighted by atomic mass is 9.96. The molecular weight excluding hydrogens is 546 g/mol. The molecule has 14 nitrogen and oxygen atoms in total. The van der Waals surface area contributed by atoms with Crippen LogP contribution in [0.2, 0.25) is 0 Å². The van der Waals surface area contributed by atoms with Crippen molar-refractivity contribution in [3.05, 3.63) is 29.8 Å². The van der Waals surface area contributed by atoms with Crippen LogP contribution in [-0.4, -0.2) is 100 Å². The van der Waals surface area contributed by atoms with E-state index in [0.29, 0.717) is 5.75 Å². The highest BCUT2D eigenvalue weighted by Crippen LogP contribution is 2.28. The molecule has 1 saturated heterocycles. The zero-order chi connectivity index (χ0) is 30.4. The molecule has 0 saturated carbocycles. The topological polar surface area (TPSA) is 171 Å². The molecule has 1 aromatic rings. The Morgan fingerprint density at radius 3 is 2.10 bits per heavy atom. The van der Waals surface area contributed by atoms with Gasteiger partial charge in [-0.25, -0.2) is 4.79 Å². The van der Waals surface area contributed by atoms with Gasteiger partial charge in [-0.1, -0.05) is 18.2 Å². The third-order valence-corrected chi connectivity index (χ3v) is 5.49. The number of carbonyl (C=O) groups is 5. The molecular formula is C27H37NO13. The number of nitrogens with one attached hydrogen (secondary N) is 1. The lowest BCUT2D eigenvalue weighted by Gasteiger charge is -2.44. The van der Waals surface area contributed by atoms with E-state index < -0.39 is 60.4 Å². The second-order valence-electron chi connectivity index (χ2n) is 9.00. The molecule has 5 atom stereocenters. The zero-order valence-electron chi connectivity index (χ0n) is 23.7. The van der Waals surface area contributed by atoms with Crippen LogP contribution in [0, 0.1) is 6.92 Å². The maximum Gasteiger partial charge on any atom is 0.337 e. The van der Waals surface area contributed by atoms with E-state index in [-0.39, 0.29) is 39.6 Å². The van der Waals surface area contributed by atoms with Crippen LogP contribution in [-0.2, 0) is 57.1 Å². The molecule has 0 aliphatic carbocycles. The van der Waals surface area contributed by atoms with Gasteiger partial charge in [0.15, 0.2) is 18.5 Å². The first-order valence-electron chi connectivity index (χ1n) is 12.9. The first-order chi connectivity index (χ1) is 19.5. The van der Waals surface area contributed by atoms with Crippen molar-refractivity contribution in [1.29, 1.82) is 0 Å². The Bertz CT molecular complexity index is 1050. The summed E-state index contributed by atoms with van der Waals surface area (Å²) in [5.41, 5.74) is 0.825. The van der Waals surface area contributed by atoms with E-state index in [0.717, 1.165) is 19.4 Å². The van der Waals surface area contributed by atoms with Gasteiger partial charge in [0.2, 0.25) is 5.91 Å². The Morgan fingerprint density at radius 2 is 1.46 bits per heavy atom. The molecule has 0 radical (unpaired) electrons. The van der Waals surface area contributed by atoms with Crippen molar-refractivity contribution in [2.75, 3.05) is 39.6 Å². The minimum atomic E-state index is -1.21. The van der Waals surface area contributed by atoms with Gasteiger partial charge in [-0.05, 0) is 18.6 Å². The number of benzene rings is 1. The van der Waals surface area contributed by atoms with E-state index >= 15 is 0 Å². The number of hydrogen-bond acceptors (Lipinski definition) is 13. The fraction of sp³-hybridized carbons (Fsp3) is 0.593. The van der Waals surface area contributed by atoms with Crippen LogP contribution in [0.3, 0.4) is 0 Å². The minimum Gasteiger partial charge on any atom is -0.463 e. The number of ether oxygens (including phenoxy) is 8. The van der Waals surface area contributed by atoms with Gasteiger partial charge in [0.1, 0.15) is 31.1 Å². The maximum absolute atomic E-state index is 11.9. The van der Waals surface area contributed by atoms with Crippen molar-refractivity contribution in [3.8, 4) is 5.75 Å². The summed E-state index contributed by atoms with van der Waals surface area (Å²) in [5.74, 6) is -2.59. The number of carbonyl (C=O) groups excluding carboxylic acids is 5. The summed E-state index contributed by atoms with van der Waals surface area (Å²) in [6.07, 6.45) is -4.69. The van der Waals surface area contributed by atoms with Crippen molar-refractivity contribution in [2.45, 2.75) is 65.3 Å². The number of hydrogen-bond donors (Lipinski definition) is 1. The first-order valence-corrected chi connectivity index (χ1v) is 12.9. The largest absolute Gasteiger partial charge is 0.463 e. The summed E-state index contributed by atoms with van der Waals surface area (Å²) >= 11 is 0. The molecule has 0 bridgehead atoms. The summed E-state index contributed by atoms with van der Waals surface area (Å²) in [4.78, 5) is 59.0. The first kappa shape index (κ1) is 33.6. The molecule has 1 fully saturated rings. The van der Waals surface area contributed by atoms with Crippen LogP contribution in [0.15, 0.2) is 24.3 Å². The zero-order valence-corrected chi connectivity index (χ0v) is 23.7. The van der Waals surface area contributed by atoms with Gasteiger partial charge >= 0.3 is 23.9 Å². The average Bonchev–Trinajstić information content (AvgIpc) is 2.88. The fourth-order valence-corrected chi connectivity index (χ4v) is 3.85. The van der Waals surface area contributed by atoms with Crippen LogP contribution < -0.4 is 10.1 Å². The van der Waals surface area contributed by atoms with Gasteiger partial charge in [0.05, 0.1) is 26.4 Å². The van der Waals surface area contributed by atoms with Crippen LogP contribution in [0.4, 0.5) is 0 Å². The highest BCUT2D eigenvalue weighted by atomic mass is 16.7. The van der Waals surface area contributed by atoms with Crippen molar-refractivity contribution in [1.82, 2.24) is 5.32 Å². The standard InChI is InChI=1S/C27H37NO13/c1-16-8-6-7-9-21(16)40-23(33)15-35-11-10-34-12-13-36-27-24(28-17(2)29)26(39-20(5)32)25(38-19(4)31)22(41-27)14-37-18(3)30/h6-9,22,24-27H,10-15H2,1-5H3,(H,28,29)/t22-,24-,25+,26-,27-/m1/s1. The molecule has 2 rings (SSSR count). The molecule has 41 heavy (non-hydrogen) atoms. The molecule has 1 heterocycles. The van der Waals surface area contributed by atoms with Crippen molar-refractivity contribution >= 4 is 29.8 Å². The van der Waals surface area contributed by atoms with Gasteiger partial charge in [-0.2, -0.15) is 0 Å². The van der Waals surface area contributed by atoms with E-state index in [9.17, 15) is 24.0 Å². The highest BCUT2D eigenvalue weighted by molar-refractivity contribution is 5.74. The molecule has 228 valence electrons. The maximum atomic E-state index is 11.9. The molecule has 1 N–H and O–H groups in total. The van der Waals surface area contributed by atoms with Gasteiger partial charge in [-0.15, -0.1) is 0 Å². The Morgan fingerprint density at radius 1 is 0.829 bits per heavy atom. The summed E-state index contributed by atoms with van der Waals surface area (Å²) in [5, 5.41) is 2.61. The molecule has 0 spiro atoms. The smallest absolute Gasteiger partial charge is 0.337 e. The quantitative estimate of drug-likeness (QED) is 0.132. The lowest BCUT2D eigenvalue weighted by molar-refractivity contribution is -0.279. The number of aryl methyl sites for hydroxylation is 1. The van der Waals surface area contributed by atoms with Gasteiger partial charge in [0.25, 0.3) is 0 Å². The highest BCUT2D eigenvalue weighted by Gasteiger charge is 2.51. The van der Waals surface area contributed by atoms with Gasteiger partial charge < -0.3 is 43.2 Å². The van der Waals surface area contributed by atoms with Crippen LogP contribution in [0.1, 0.15) is 33.3 Å². The lowest BCUT2D eigenvalue weighted by Crippen LogP contribution is -2.66. The van der Waals surface area contributed by atoms with E-state index in [4.69, 9.17) is 37.9 Å². The van der Waals surface area contributed by atoms with E-state index in [1.54, 1.807) is 12.1 Å². The van der Waals surface area contributed by atoms with Crippen molar-refractivity contribution in [2.24, 2.45) is 0 Å². The third-order valence-electron chi connectivity index (χ3n) is 5.49. The molecule has 1 aliphatic heterocycles. The second kappa shape index (κ2) is 17.3. The Balaban J connectivity index is 1.90. The number of esters is 4. The Labute approximate surface area is 237 Å². The molecule has 1 amide bonds. The summed E-state index contributed by atoms with van der Waals surface area (Å²) in [7, 11) is 0. The van der Waals surface area contributed by atoms with E-state index in [1.165, 1.54) is 13.8 Å². The summed E-state index contributed by atoms with van der Waals surface area (Å²) in [6.45, 7) is 6.27. The van der Waals surface area contributed by atoms with Gasteiger partial charge in [0, 0.05) is 27.7 Å². The van der Waals surface area contributed by atoms with Crippen molar-refractivity contribution in [3.63, 3.8) is 0 Å². The molecule has 1 aromatic carbocycles. The summed E-state index contributed by atoms with van der Waals surface area (Å²) < 4.78 is 43.4. The molecule has 0 aromatic heterocycles. The fourth-order valence-electron chi connectivity index (χ4n) is 3.85.